The van der Waals surface area contributed by atoms with Crippen LogP contribution < -0.4 is 10.1 Å². The number of rotatable bonds is 5. The molecule has 4 rings (SSSR count). The molecule has 0 aromatic heterocycles. The van der Waals surface area contributed by atoms with Crippen molar-refractivity contribution >= 4 is 61.9 Å². The molecule has 2 aliphatic rings. The fourth-order valence-electron chi connectivity index (χ4n) is 4.06. The zero-order chi connectivity index (χ0) is 23.2. The molecule has 164 valence electrons. The quantitative estimate of drug-likeness (QED) is 0.386. The van der Waals surface area contributed by atoms with Crippen molar-refractivity contribution < 1.29 is 29.0 Å². The number of nitrogens with one attached hydrogen (secondary N) is 1. The van der Waals surface area contributed by atoms with E-state index in [1.807, 2.05) is 34.7 Å². The molecule has 7 nitrogen and oxygen atoms in total. The average Bonchev–Trinajstić information content (AvgIpc) is 3.03. The molecule has 9 heteroatoms. The van der Waals surface area contributed by atoms with Crippen LogP contribution in [0.4, 0.5) is 0 Å². The fourth-order valence-corrected chi connectivity index (χ4v) is 5.83. The number of Topliss-reactive ketones (excluding diaryl/α,β-unsaturated/α-hetero) is 1. The van der Waals surface area contributed by atoms with Gasteiger partial charge in [0.15, 0.2) is 12.4 Å². The molecule has 1 aliphatic carbocycles. The van der Waals surface area contributed by atoms with Gasteiger partial charge in [-0.3, -0.25) is 4.79 Å². The fraction of sp³-hybridized carbons (Fsp3) is 0.174. The lowest BCUT2D eigenvalue weighted by Gasteiger charge is -2.29. The maximum Gasteiger partial charge on any atom is 0.341 e. The van der Waals surface area contributed by atoms with Crippen molar-refractivity contribution in [1.82, 2.24) is 5.32 Å². The predicted molar refractivity (Wildman–Crippen MR) is 128 cm³/mol. The van der Waals surface area contributed by atoms with Gasteiger partial charge in [0.25, 0.3) is 0 Å². The molecular weight excluding hydrogens is 593 g/mol. The number of halogens is 2. The Morgan fingerprint density at radius 3 is 2.53 bits per heavy atom. The Bertz CT molecular complexity index is 1230. The molecule has 0 amide bonds. The smallest absolute Gasteiger partial charge is 0.341 e. The van der Waals surface area contributed by atoms with Crippen LogP contribution in [0.3, 0.4) is 0 Å². The molecule has 0 fully saturated rings. The highest BCUT2D eigenvalue weighted by Gasteiger charge is 2.43. The molecule has 32 heavy (non-hydrogen) atoms. The van der Waals surface area contributed by atoms with Gasteiger partial charge in [-0.05, 0) is 63.1 Å². The summed E-state index contributed by atoms with van der Waals surface area (Å²) in [5, 5.41) is 12.2. The maximum absolute atomic E-state index is 13.4. The van der Waals surface area contributed by atoms with Gasteiger partial charge < -0.3 is 19.9 Å². The summed E-state index contributed by atoms with van der Waals surface area (Å²) in [4.78, 5) is 37.1. The van der Waals surface area contributed by atoms with E-state index in [4.69, 9.17) is 14.6 Å². The SMILES string of the molecule is COC(=O)C1=C(C)NC2=C(C(=O)c3ccccc32)[C@@H]1c1cc(Br)c(OCC(=O)O)c(I)c1. The topological polar surface area (TPSA) is 102 Å². The Morgan fingerprint density at radius 2 is 1.91 bits per heavy atom. The molecule has 2 aromatic carbocycles. The molecule has 2 aromatic rings. The minimum atomic E-state index is -1.09. The molecular formula is C23H17BrINO6. The van der Waals surface area contributed by atoms with Crippen molar-refractivity contribution in [3.05, 3.63) is 78.0 Å². The molecule has 0 spiro atoms. The molecule has 1 heterocycles. The van der Waals surface area contributed by atoms with Crippen LogP contribution in [0, 0.1) is 3.57 Å². The number of carbonyl (C=O) groups is 3. The third-order valence-electron chi connectivity index (χ3n) is 5.35. The van der Waals surface area contributed by atoms with Crippen molar-refractivity contribution in [1.29, 1.82) is 0 Å². The second kappa shape index (κ2) is 8.70. The van der Waals surface area contributed by atoms with Gasteiger partial charge in [0.2, 0.25) is 0 Å². The number of hydrogen-bond donors (Lipinski definition) is 2. The van der Waals surface area contributed by atoms with Crippen molar-refractivity contribution in [3.8, 4) is 5.75 Å². The van der Waals surface area contributed by atoms with Crippen LogP contribution in [-0.4, -0.2) is 36.5 Å². The summed E-state index contributed by atoms with van der Waals surface area (Å²) in [6.07, 6.45) is 0. The van der Waals surface area contributed by atoms with Crippen LogP contribution in [0.25, 0.3) is 5.70 Å². The lowest BCUT2D eigenvalue weighted by atomic mass is 9.80. The van der Waals surface area contributed by atoms with E-state index >= 15 is 0 Å². The third kappa shape index (κ3) is 3.73. The standard InChI is InChI=1S/C23H17BrINO6/c1-10-17(23(30)31-2)18(11-7-14(24)22(15(25)8-11)32-9-16(27)28)19-20(26-10)12-5-3-4-6-13(12)21(19)29/h3-8,18,26H,9H2,1-2H3,(H,27,28)/t18-/m1/s1. The van der Waals surface area contributed by atoms with E-state index in [-0.39, 0.29) is 5.78 Å². The highest BCUT2D eigenvalue weighted by Crippen LogP contribution is 2.48. The molecule has 0 bridgehead atoms. The van der Waals surface area contributed by atoms with E-state index in [0.29, 0.717) is 47.5 Å². The van der Waals surface area contributed by atoms with E-state index in [0.717, 1.165) is 5.56 Å². The third-order valence-corrected chi connectivity index (χ3v) is 6.74. The second-order valence-corrected chi connectivity index (χ2v) is 9.26. The molecule has 0 radical (unpaired) electrons. The average molecular weight is 610 g/mol. The van der Waals surface area contributed by atoms with Crippen LogP contribution in [0.1, 0.15) is 34.3 Å². The summed E-state index contributed by atoms with van der Waals surface area (Å²) in [5.41, 5.74) is 4.13. The number of carboxylic acids is 1. The molecule has 0 saturated heterocycles. The number of hydrogen-bond acceptors (Lipinski definition) is 6. The lowest BCUT2D eigenvalue weighted by molar-refractivity contribution is -0.139. The first-order chi connectivity index (χ1) is 15.2. The zero-order valence-corrected chi connectivity index (χ0v) is 20.7. The second-order valence-electron chi connectivity index (χ2n) is 7.25. The summed E-state index contributed by atoms with van der Waals surface area (Å²) in [5.74, 6) is -2.07. The zero-order valence-electron chi connectivity index (χ0n) is 17.0. The van der Waals surface area contributed by atoms with Gasteiger partial charge in [0.05, 0.1) is 26.4 Å². The van der Waals surface area contributed by atoms with Crippen LogP contribution in [0.15, 0.2) is 57.7 Å². The first kappa shape index (κ1) is 22.5. The van der Waals surface area contributed by atoms with Crippen molar-refractivity contribution in [2.24, 2.45) is 0 Å². The monoisotopic (exact) mass is 609 g/mol. The number of allylic oxidation sites excluding steroid dienone is 2. The number of benzene rings is 2. The minimum Gasteiger partial charge on any atom is -0.480 e. The van der Waals surface area contributed by atoms with Crippen molar-refractivity contribution in [2.75, 3.05) is 13.7 Å². The van der Waals surface area contributed by atoms with Gasteiger partial charge in [-0.2, -0.15) is 0 Å². The number of ether oxygens (including phenoxy) is 2. The molecule has 0 unspecified atom stereocenters. The van der Waals surface area contributed by atoms with E-state index < -0.39 is 24.5 Å². The van der Waals surface area contributed by atoms with Crippen LogP contribution in [0.5, 0.6) is 5.75 Å². The largest absolute Gasteiger partial charge is 0.480 e. The normalized spacial score (nSPS) is 17.0. The van der Waals surface area contributed by atoms with Gasteiger partial charge in [0, 0.05) is 28.3 Å². The van der Waals surface area contributed by atoms with Gasteiger partial charge in [-0.1, -0.05) is 24.3 Å². The minimum absolute atomic E-state index is 0.153. The van der Waals surface area contributed by atoms with E-state index in [2.05, 4.69) is 21.2 Å². The van der Waals surface area contributed by atoms with Gasteiger partial charge in [-0.25, -0.2) is 9.59 Å². The van der Waals surface area contributed by atoms with Crippen molar-refractivity contribution in [2.45, 2.75) is 12.8 Å². The van der Waals surface area contributed by atoms with Crippen LogP contribution >= 0.6 is 38.5 Å². The summed E-state index contributed by atoms with van der Waals surface area (Å²) < 4.78 is 11.6. The number of dihydropyridines is 1. The number of fused-ring (bicyclic) bond motifs is 2. The lowest BCUT2D eigenvalue weighted by Crippen LogP contribution is -2.29. The van der Waals surface area contributed by atoms with E-state index in [9.17, 15) is 14.4 Å². The maximum atomic E-state index is 13.4. The van der Waals surface area contributed by atoms with Crippen LogP contribution in [0.2, 0.25) is 0 Å². The van der Waals surface area contributed by atoms with Gasteiger partial charge >= 0.3 is 11.9 Å². The highest BCUT2D eigenvalue weighted by molar-refractivity contribution is 14.1. The Morgan fingerprint density at radius 1 is 1.22 bits per heavy atom. The predicted octanol–water partition coefficient (Wildman–Crippen LogP) is 4.26. The number of ketones is 1. The number of esters is 1. The van der Waals surface area contributed by atoms with Crippen molar-refractivity contribution in [3.63, 3.8) is 0 Å². The summed E-state index contributed by atoms with van der Waals surface area (Å²) in [6.45, 7) is 1.29. The molecule has 1 aliphatic heterocycles. The first-order valence-electron chi connectivity index (χ1n) is 9.52. The summed E-state index contributed by atoms with van der Waals surface area (Å²) in [7, 11) is 1.30. The Balaban J connectivity index is 1.89. The summed E-state index contributed by atoms with van der Waals surface area (Å²) in [6, 6.07) is 10.8. The first-order valence-corrected chi connectivity index (χ1v) is 11.4. The Labute approximate surface area is 205 Å². The number of methoxy groups -OCH3 is 1. The number of carbonyl (C=O) groups excluding carboxylic acids is 2. The molecule has 2 N–H and O–H groups in total. The molecule has 0 saturated carbocycles. The Hall–Kier alpha value is -2.66. The molecule has 1 atom stereocenters. The number of carboxylic acid groups (broad SMARTS) is 1. The number of aliphatic carboxylic acids is 1. The van der Waals surface area contributed by atoms with Gasteiger partial charge in [0.1, 0.15) is 5.75 Å². The highest BCUT2D eigenvalue weighted by atomic mass is 127. The Kier molecular flexibility index (Phi) is 6.13. The van der Waals surface area contributed by atoms with Crippen LogP contribution in [-0.2, 0) is 14.3 Å². The van der Waals surface area contributed by atoms with Gasteiger partial charge in [-0.15, -0.1) is 0 Å². The van der Waals surface area contributed by atoms with E-state index in [1.165, 1.54) is 7.11 Å². The van der Waals surface area contributed by atoms with E-state index in [1.54, 1.807) is 31.2 Å². The summed E-state index contributed by atoms with van der Waals surface area (Å²) >= 11 is 5.49.